The molecule has 1 unspecified atom stereocenters. The van der Waals surface area contributed by atoms with Gasteiger partial charge in [-0.25, -0.2) is 0 Å². The predicted octanol–water partition coefficient (Wildman–Crippen LogP) is 2.51. The Kier molecular flexibility index (Phi) is 3.61. The van der Waals surface area contributed by atoms with E-state index in [4.69, 9.17) is 4.42 Å². The molecule has 0 spiro atoms. The first-order chi connectivity index (χ1) is 5.88. The second kappa shape index (κ2) is 4.78. The lowest BCUT2D eigenvalue weighted by molar-refractivity contribution is 0.415. The van der Waals surface area contributed by atoms with E-state index < -0.39 is 0 Å². The molecule has 0 aliphatic rings. The molecule has 0 saturated heterocycles. The Morgan fingerprint density at radius 3 is 3.08 bits per heavy atom. The van der Waals surface area contributed by atoms with Crippen LogP contribution in [0.2, 0.25) is 0 Å². The van der Waals surface area contributed by atoms with E-state index in [2.05, 4.69) is 18.8 Å². The third-order valence-electron chi connectivity index (χ3n) is 1.80. The van der Waals surface area contributed by atoms with E-state index in [1.807, 2.05) is 18.2 Å². The Hall–Kier alpha value is -1.02. The molecular weight excluding hydrogens is 150 g/mol. The molecule has 0 aliphatic carbocycles. The van der Waals surface area contributed by atoms with Gasteiger partial charge >= 0.3 is 0 Å². The van der Waals surface area contributed by atoms with Gasteiger partial charge in [0.1, 0.15) is 5.76 Å². The quantitative estimate of drug-likeness (QED) is 0.678. The SMILES string of the molecule is C=CCNC(CC)c1ccco1. The third kappa shape index (κ3) is 2.24. The van der Waals surface area contributed by atoms with Crippen LogP contribution in [0.4, 0.5) is 0 Å². The van der Waals surface area contributed by atoms with Crippen LogP contribution in [0.3, 0.4) is 0 Å². The Morgan fingerprint density at radius 1 is 1.75 bits per heavy atom. The predicted molar refractivity (Wildman–Crippen MR) is 49.9 cm³/mol. The van der Waals surface area contributed by atoms with Gasteiger partial charge in [0.15, 0.2) is 0 Å². The molecule has 1 aromatic heterocycles. The fraction of sp³-hybridized carbons (Fsp3) is 0.400. The highest BCUT2D eigenvalue weighted by atomic mass is 16.3. The minimum absolute atomic E-state index is 0.318. The van der Waals surface area contributed by atoms with Crippen LogP contribution < -0.4 is 5.32 Å². The highest BCUT2D eigenvalue weighted by Crippen LogP contribution is 2.15. The molecule has 0 bridgehead atoms. The van der Waals surface area contributed by atoms with Gasteiger partial charge in [-0.05, 0) is 18.6 Å². The molecule has 1 aromatic rings. The molecule has 0 radical (unpaired) electrons. The molecule has 2 heteroatoms. The fourth-order valence-corrected chi connectivity index (χ4v) is 1.16. The van der Waals surface area contributed by atoms with Gasteiger partial charge in [0.25, 0.3) is 0 Å². The molecule has 12 heavy (non-hydrogen) atoms. The van der Waals surface area contributed by atoms with Crippen molar-refractivity contribution in [3.63, 3.8) is 0 Å². The van der Waals surface area contributed by atoms with Crippen LogP contribution in [0.15, 0.2) is 35.5 Å². The highest BCUT2D eigenvalue weighted by Gasteiger charge is 2.09. The molecule has 0 fully saturated rings. The van der Waals surface area contributed by atoms with Gasteiger partial charge in [-0.1, -0.05) is 13.0 Å². The van der Waals surface area contributed by atoms with Gasteiger partial charge < -0.3 is 9.73 Å². The van der Waals surface area contributed by atoms with Crippen LogP contribution in [0.1, 0.15) is 25.1 Å². The average Bonchev–Trinajstić information content (AvgIpc) is 2.59. The Bertz CT molecular complexity index is 216. The highest BCUT2D eigenvalue weighted by molar-refractivity contribution is 5.04. The number of hydrogen-bond donors (Lipinski definition) is 1. The van der Waals surface area contributed by atoms with Crippen molar-refractivity contribution in [2.75, 3.05) is 6.54 Å². The van der Waals surface area contributed by atoms with E-state index in [0.29, 0.717) is 6.04 Å². The second-order valence-electron chi connectivity index (χ2n) is 2.67. The second-order valence-corrected chi connectivity index (χ2v) is 2.67. The Labute approximate surface area is 73.3 Å². The molecule has 0 amide bonds. The van der Waals surface area contributed by atoms with Crippen LogP contribution >= 0.6 is 0 Å². The lowest BCUT2D eigenvalue weighted by Gasteiger charge is -2.12. The van der Waals surface area contributed by atoms with Gasteiger partial charge in [-0.3, -0.25) is 0 Å². The van der Waals surface area contributed by atoms with E-state index in [-0.39, 0.29) is 0 Å². The molecule has 0 saturated carbocycles. The first-order valence-corrected chi connectivity index (χ1v) is 4.26. The van der Waals surface area contributed by atoms with Crippen molar-refractivity contribution in [2.24, 2.45) is 0 Å². The van der Waals surface area contributed by atoms with E-state index in [1.54, 1.807) is 6.26 Å². The lowest BCUT2D eigenvalue weighted by atomic mass is 10.2. The summed E-state index contributed by atoms with van der Waals surface area (Å²) in [5, 5.41) is 3.31. The van der Waals surface area contributed by atoms with Crippen molar-refractivity contribution in [1.29, 1.82) is 0 Å². The first-order valence-electron chi connectivity index (χ1n) is 4.26. The zero-order valence-electron chi connectivity index (χ0n) is 7.42. The molecule has 2 nitrogen and oxygen atoms in total. The van der Waals surface area contributed by atoms with Gasteiger partial charge in [-0.2, -0.15) is 0 Å². The van der Waals surface area contributed by atoms with Crippen molar-refractivity contribution in [3.05, 3.63) is 36.8 Å². The molecule has 1 heterocycles. The average molecular weight is 165 g/mol. The maximum Gasteiger partial charge on any atom is 0.120 e. The largest absolute Gasteiger partial charge is 0.468 e. The van der Waals surface area contributed by atoms with Gasteiger partial charge in [0.2, 0.25) is 0 Å². The topological polar surface area (TPSA) is 25.2 Å². The molecule has 1 N–H and O–H groups in total. The van der Waals surface area contributed by atoms with Crippen molar-refractivity contribution < 1.29 is 4.42 Å². The van der Waals surface area contributed by atoms with Crippen molar-refractivity contribution in [2.45, 2.75) is 19.4 Å². The number of hydrogen-bond acceptors (Lipinski definition) is 2. The maximum absolute atomic E-state index is 5.29. The number of nitrogens with one attached hydrogen (secondary N) is 1. The monoisotopic (exact) mass is 165 g/mol. The lowest BCUT2D eigenvalue weighted by Crippen LogP contribution is -2.19. The van der Waals surface area contributed by atoms with Gasteiger partial charge in [-0.15, -0.1) is 6.58 Å². The third-order valence-corrected chi connectivity index (χ3v) is 1.80. The molecule has 1 rings (SSSR count). The summed E-state index contributed by atoms with van der Waals surface area (Å²) in [6, 6.07) is 4.22. The minimum atomic E-state index is 0.318. The molecule has 1 atom stereocenters. The summed E-state index contributed by atoms with van der Waals surface area (Å²) in [6.07, 6.45) is 4.58. The van der Waals surface area contributed by atoms with E-state index >= 15 is 0 Å². The van der Waals surface area contributed by atoms with Gasteiger partial charge in [0.05, 0.1) is 12.3 Å². The summed E-state index contributed by atoms with van der Waals surface area (Å²) >= 11 is 0. The molecule has 66 valence electrons. The first kappa shape index (κ1) is 9.07. The molecule has 0 aromatic carbocycles. The van der Waals surface area contributed by atoms with E-state index in [1.165, 1.54) is 0 Å². The molecule has 0 aliphatic heterocycles. The summed E-state index contributed by atoms with van der Waals surface area (Å²) in [5.41, 5.74) is 0. The summed E-state index contributed by atoms with van der Waals surface area (Å²) < 4.78 is 5.29. The van der Waals surface area contributed by atoms with Crippen LogP contribution in [-0.2, 0) is 0 Å². The van der Waals surface area contributed by atoms with Crippen LogP contribution in [0, 0.1) is 0 Å². The van der Waals surface area contributed by atoms with Crippen molar-refractivity contribution in [1.82, 2.24) is 5.32 Å². The normalized spacial score (nSPS) is 12.8. The van der Waals surface area contributed by atoms with E-state index in [0.717, 1.165) is 18.7 Å². The summed E-state index contributed by atoms with van der Waals surface area (Å²) in [5.74, 6) is 0.999. The van der Waals surface area contributed by atoms with Crippen LogP contribution in [0.5, 0.6) is 0 Å². The summed E-state index contributed by atoms with van der Waals surface area (Å²) in [4.78, 5) is 0. The van der Waals surface area contributed by atoms with Crippen molar-refractivity contribution in [3.8, 4) is 0 Å². The van der Waals surface area contributed by atoms with Crippen molar-refractivity contribution >= 4 is 0 Å². The summed E-state index contributed by atoms with van der Waals surface area (Å²) in [6.45, 7) is 6.60. The van der Waals surface area contributed by atoms with E-state index in [9.17, 15) is 0 Å². The fourth-order valence-electron chi connectivity index (χ4n) is 1.16. The Balaban J connectivity index is 2.51. The van der Waals surface area contributed by atoms with Gasteiger partial charge in [0, 0.05) is 6.54 Å². The van der Waals surface area contributed by atoms with Crippen LogP contribution in [0.25, 0.3) is 0 Å². The smallest absolute Gasteiger partial charge is 0.120 e. The zero-order chi connectivity index (χ0) is 8.81. The number of rotatable bonds is 5. The minimum Gasteiger partial charge on any atom is -0.468 e. The van der Waals surface area contributed by atoms with Crippen LogP contribution in [-0.4, -0.2) is 6.54 Å². The summed E-state index contributed by atoms with van der Waals surface area (Å²) in [7, 11) is 0. The zero-order valence-corrected chi connectivity index (χ0v) is 7.42. The number of furan rings is 1. The maximum atomic E-state index is 5.29. The molecular formula is C10H15NO. The standard InChI is InChI=1S/C10H15NO/c1-3-7-11-9(4-2)10-6-5-8-12-10/h3,5-6,8-9,11H,1,4,7H2,2H3. The Morgan fingerprint density at radius 2 is 2.58 bits per heavy atom.